The van der Waals surface area contributed by atoms with Crippen LogP contribution >= 0.6 is 23.2 Å². The summed E-state index contributed by atoms with van der Waals surface area (Å²) in [5, 5.41) is 10.8. The third-order valence-electron chi connectivity index (χ3n) is 2.66. The van der Waals surface area contributed by atoms with Gasteiger partial charge in [-0.15, -0.1) is 0 Å². The Hall–Kier alpha value is -1.36. The van der Waals surface area contributed by atoms with Crippen LogP contribution in [-0.2, 0) is 0 Å². The second-order valence-electron chi connectivity index (χ2n) is 3.77. The number of hydrogen-bond acceptors (Lipinski definition) is 4. The molecule has 6 heteroatoms. The number of rotatable bonds is 4. The molecule has 1 aromatic carbocycles. The summed E-state index contributed by atoms with van der Waals surface area (Å²) in [6.07, 6.45) is -1.03. The molecule has 0 bridgehead atoms. The van der Waals surface area contributed by atoms with Crippen molar-refractivity contribution in [2.45, 2.75) is 6.10 Å². The van der Waals surface area contributed by atoms with Crippen LogP contribution in [0.4, 0.5) is 0 Å². The maximum Gasteiger partial charge on any atom is 0.193 e. The second-order valence-corrected chi connectivity index (χ2v) is 4.55. The average molecular weight is 303 g/mol. The standard InChI is InChI=1S/C13H12Cl2O4/c1-17-10-5-7(8(14)6-11(10)18-2)13(16)9-3-4-12(15)19-9/h3-6,13,16H,1-2H3. The summed E-state index contributed by atoms with van der Waals surface area (Å²) in [6.45, 7) is 0. The maximum atomic E-state index is 10.2. The summed E-state index contributed by atoms with van der Waals surface area (Å²) < 4.78 is 15.5. The van der Waals surface area contributed by atoms with E-state index in [9.17, 15) is 5.11 Å². The van der Waals surface area contributed by atoms with Crippen molar-refractivity contribution in [3.8, 4) is 11.5 Å². The molecule has 1 atom stereocenters. The summed E-state index contributed by atoms with van der Waals surface area (Å²) in [6, 6.07) is 6.31. The van der Waals surface area contributed by atoms with E-state index in [0.717, 1.165) is 0 Å². The second kappa shape index (κ2) is 5.74. The van der Waals surface area contributed by atoms with Crippen molar-refractivity contribution in [3.63, 3.8) is 0 Å². The number of ether oxygens (including phenoxy) is 2. The third kappa shape index (κ3) is 2.81. The molecule has 102 valence electrons. The van der Waals surface area contributed by atoms with Crippen LogP contribution < -0.4 is 9.47 Å². The summed E-state index contributed by atoms with van der Waals surface area (Å²) in [5.41, 5.74) is 0.449. The molecule has 0 amide bonds. The Morgan fingerprint density at radius 1 is 1.11 bits per heavy atom. The third-order valence-corrected chi connectivity index (χ3v) is 3.19. The van der Waals surface area contributed by atoms with Gasteiger partial charge in [-0.1, -0.05) is 11.6 Å². The minimum atomic E-state index is -1.03. The van der Waals surface area contributed by atoms with Crippen LogP contribution in [0.2, 0.25) is 10.2 Å². The Morgan fingerprint density at radius 2 is 1.74 bits per heavy atom. The Kier molecular flexibility index (Phi) is 4.24. The molecule has 0 radical (unpaired) electrons. The molecule has 19 heavy (non-hydrogen) atoms. The van der Waals surface area contributed by atoms with Gasteiger partial charge in [0.15, 0.2) is 16.7 Å². The highest BCUT2D eigenvalue weighted by atomic mass is 35.5. The van der Waals surface area contributed by atoms with E-state index in [1.54, 1.807) is 24.3 Å². The van der Waals surface area contributed by atoms with Crippen molar-refractivity contribution in [1.82, 2.24) is 0 Å². The first-order valence-corrected chi connectivity index (χ1v) is 6.17. The van der Waals surface area contributed by atoms with E-state index in [2.05, 4.69) is 0 Å². The Balaban J connectivity index is 2.44. The van der Waals surface area contributed by atoms with E-state index in [4.69, 9.17) is 37.1 Å². The van der Waals surface area contributed by atoms with E-state index in [1.165, 1.54) is 14.2 Å². The lowest BCUT2D eigenvalue weighted by molar-refractivity contribution is 0.189. The molecule has 0 spiro atoms. The van der Waals surface area contributed by atoms with E-state index in [0.29, 0.717) is 27.8 Å². The summed E-state index contributed by atoms with van der Waals surface area (Å²) in [7, 11) is 3.02. The molecular formula is C13H12Cl2O4. The number of methoxy groups -OCH3 is 2. The molecule has 1 aromatic heterocycles. The molecule has 0 aliphatic carbocycles. The van der Waals surface area contributed by atoms with E-state index in [1.807, 2.05) is 0 Å². The number of furan rings is 1. The van der Waals surface area contributed by atoms with Crippen LogP contribution in [0.1, 0.15) is 17.4 Å². The minimum Gasteiger partial charge on any atom is -0.493 e. The molecule has 4 nitrogen and oxygen atoms in total. The van der Waals surface area contributed by atoms with Crippen molar-refractivity contribution in [1.29, 1.82) is 0 Å². The van der Waals surface area contributed by atoms with Crippen LogP contribution in [0.3, 0.4) is 0 Å². The Labute approximate surface area is 120 Å². The fraction of sp³-hybridized carbons (Fsp3) is 0.231. The summed E-state index contributed by atoms with van der Waals surface area (Å²) in [4.78, 5) is 0. The van der Waals surface area contributed by atoms with Gasteiger partial charge in [0.1, 0.15) is 11.9 Å². The SMILES string of the molecule is COc1cc(Cl)c(C(O)c2ccc(Cl)o2)cc1OC. The highest BCUT2D eigenvalue weighted by Gasteiger charge is 2.20. The van der Waals surface area contributed by atoms with Gasteiger partial charge in [-0.05, 0) is 29.8 Å². The lowest BCUT2D eigenvalue weighted by atomic mass is 10.1. The Bertz CT molecular complexity index is 580. The number of aliphatic hydroxyl groups excluding tert-OH is 1. The van der Waals surface area contributed by atoms with Crippen LogP contribution in [0.25, 0.3) is 0 Å². The fourth-order valence-electron chi connectivity index (χ4n) is 1.71. The van der Waals surface area contributed by atoms with Gasteiger partial charge in [0.05, 0.1) is 19.2 Å². The summed E-state index contributed by atoms with van der Waals surface area (Å²) >= 11 is 11.8. The molecule has 0 saturated heterocycles. The molecule has 1 N–H and O–H groups in total. The first-order chi connectivity index (χ1) is 9.06. The molecule has 0 fully saturated rings. The van der Waals surface area contributed by atoms with Gasteiger partial charge in [-0.2, -0.15) is 0 Å². The quantitative estimate of drug-likeness (QED) is 0.936. The first kappa shape index (κ1) is 14.1. The highest BCUT2D eigenvalue weighted by Crippen LogP contribution is 2.38. The van der Waals surface area contributed by atoms with Gasteiger partial charge in [0, 0.05) is 11.6 Å². The van der Waals surface area contributed by atoms with Gasteiger partial charge in [-0.25, -0.2) is 0 Å². The smallest absolute Gasteiger partial charge is 0.193 e. The zero-order valence-corrected chi connectivity index (χ0v) is 11.8. The zero-order valence-electron chi connectivity index (χ0n) is 10.3. The first-order valence-electron chi connectivity index (χ1n) is 5.41. The lowest BCUT2D eigenvalue weighted by Gasteiger charge is -2.14. The number of halogens is 2. The van der Waals surface area contributed by atoms with Crippen molar-refractivity contribution in [2.24, 2.45) is 0 Å². The van der Waals surface area contributed by atoms with Gasteiger partial charge >= 0.3 is 0 Å². The molecule has 2 aromatic rings. The number of benzene rings is 1. The number of aliphatic hydroxyl groups is 1. The Morgan fingerprint density at radius 3 is 2.26 bits per heavy atom. The maximum absolute atomic E-state index is 10.2. The van der Waals surface area contributed by atoms with Gasteiger partial charge in [0.2, 0.25) is 0 Å². The molecule has 1 unspecified atom stereocenters. The topological polar surface area (TPSA) is 51.8 Å². The van der Waals surface area contributed by atoms with Gasteiger partial charge in [0.25, 0.3) is 0 Å². The predicted molar refractivity (Wildman–Crippen MR) is 72.3 cm³/mol. The van der Waals surface area contributed by atoms with Crippen LogP contribution in [-0.4, -0.2) is 19.3 Å². The van der Waals surface area contributed by atoms with Crippen molar-refractivity contribution >= 4 is 23.2 Å². The number of hydrogen-bond donors (Lipinski definition) is 1. The average Bonchev–Trinajstić information content (AvgIpc) is 2.84. The molecule has 1 heterocycles. The van der Waals surface area contributed by atoms with Crippen molar-refractivity contribution in [2.75, 3.05) is 14.2 Å². The highest BCUT2D eigenvalue weighted by molar-refractivity contribution is 6.31. The monoisotopic (exact) mass is 302 g/mol. The van der Waals surface area contributed by atoms with Crippen molar-refractivity contribution < 1.29 is 19.0 Å². The van der Waals surface area contributed by atoms with E-state index < -0.39 is 6.10 Å². The van der Waals surface area contributed by atoms with Gasteiger partial charge in [-0.3, -0.25) is 0 Å². The minimum absolute atomic E-state index is 0.200. The molecule has 0 saturated carbocycles. The van der Waals surface area contributed by atoms with Crippen LogP contribution in [0.15, 0.2) is 28.7 Å². The van der Waals surface area contributed by atoms with Crippen LogP contribution in [0, 0.1) is 0 Å². The largest absolute Gasteiger partial charge is 0.493 e. The fourth-order valence-corrected chi connectivity index (χ4v) is 2.12. The molecule has 0 aliphatic heterocycles. The van der Waals surface area contributed by atoms with Gasteiger partial charge < -0.3 is 19.0 Å². The zero-order chi connectivity index (χ0) is 14.0. The normalized spacial score (nSPS) is 12.3. The molecular weight excluding hydrogens is 291 g/mol. The van der Waals surface area contributed by atoms with E-state index >= 15 is 0 Å². The van der Waals surface area contributed by atoms with E-state index in [-0.39, 0.29) is 5.22 Å². The van der Waals surface area contributed by atoms with Crippen molar-refractivity contribution in [3.05, 3.63) is 45.8 Å². The lowest BCUT2D eigenvalue weighted by Crippen LogP contribution is -2.01. The molecule has 2 rings (SSSR count). The molecule has 0 aliphatic rings. The summed E-state index contributed by atoms with van der Waals surface area (Å²) in [5.74, 6) is 1.26. The predicted octanol–water partition coefficient (Wildman–Crippen LogP) is 3.69. The van der Waals surface area contributed by atoms with Crippen LogP contribution in [0.5, 0.6) is 11.5 Å².